The molecular weight excluding hydrogens is 312 g/mol. The summed E-state index contributed by atoms with van der Waals surface area (Å²) in [6.07, 6.45) is 14.4. The largest absolute Gasteiger partial charge is 0.378 e. The van der Waals surface area contributed by atoms with Crippen LogP contribution in [-0.4, -0.2) is 31.7 Å². The van der Waals surface area contributed by atoms with E-state index in [-0.39, 0.29) is 23.7 Å². The Labute approximate surface area is 147 Å². The average molecular weight is 347 g/mol. The molecule has 0 radical (unpaired) electrons. The second-order valence-corrected chi connectivity index (χ2v) is 7.28. The summed E-state index contributed by atoms with van der Waals surface area (Å²) in [5.41, 5.74) is 6.02. The van der Waals surface area contributed by atoms with Crippen molar-refractivity contribution in [3.63, 3.8) is 0 Å². The van der Waals surface area contributed by atoms with Crippen molar-refractivity contribution >= 4 is 18.3 Å². The van der Waals surface area contributed by atoms with E-state index in [4.69, 9.17) is 10.5 Å². The zero-order valence-electron chi connectivity index (χ0n) is 14.5. The second-order valence-electron chi connectivity index (χ2n) is 7.28. The number of nitrogens with one attached hydrogen (secondary N) is 1. The highest BCUT2D eigenvalue weighted by molar-refractivity contribution is 5.85. The Morgan fingerprint density at radius 1 is 1.09 bits per heavy atom. The number of hydrogen-bond acceptors (Lipinski definition) is 3. The van der Waals surface area contributed by atoms with E-state index in [1.165, 1.54) is 51.4 Å². The van der Waals surface area contributed by atoms with Gasteiger partial charge in [-0.2, -0.15) is 0 Å². The van der Waals surface area contributed by atoms with Crippen LogP contribution in [0.4, 0.5) is 0 Å². The van der Waals surface area contributed by atoms with E-state index in [0.29, 0.717) is 19.1 Å². The molecule has 0 aromatic rings. The van der Waals surface area contributed by atoms with Crippen molar-refractivity contribution in [2.75, 3.05) is 19.7 Å². The molecule has 0 aromatic heterocycles. The summed E-state index contributed by atoms with van der Waals surface area (Å²) >= 11 is 0. The number of carbonyl (C=O) groups is 1. The van der Waals surface area contributed by atoms with E-state index in [2.05, 4.69) is 5.32 Å². The predicted octanol–water partition coefficient (Wildman–Crippen LogP) is 3.56. The van der Waals surface area contributed by atoms with E-state index < -0.39 is 0 Å². The molecule has 0 atom stereocenters. The number of carbonyl (C=O) groups excluding carboxylic acids is 1. The van der Waals surface area contributed by atoms with Crippen LogP contribution in [0.1, 0.15) is 77.0 Å². The molecule has 5 heteroatoms. The van der Waals surface area contributed by atoms with Crippen LogP contribution in [0.25, 0.3) is 0 Å². The van der Waals surface area contributed by atoms with Crippen LogP contribution in [0.15, 0.2) is 0 Å². The zero-order chi connectivity index (χ0) is 15.7. The predicted molar refractivity (Wildman–Crippen MR) is 96.9 cm³/mol. The first kappa shape index (κ1) is 20.7. The van der Waals surface area contributed by atoms with E-state index >= 15 is 0 Å². The van der Waals surface area contributed by atoms with Gasteiger partial charge in [0, 0.05) is 19.6 Å². The number of amides is 1. The highest BCUT2D eigenvalue weighted by atomic mass is 35.5. The molecule has 2 aliphatic carbocycles. The van der Waals surface area contributed by atoms with Crippen LogP contribution in [0.5, 0.6) is 0 Å². The summed E-state index contributed by atoms with van der Waals surface area (Å²) in [5, 5.41) is 3.05. The third-order valence-electron chi connectivity index (χ3n) is 5.43. The van der Waals surface area contributed by atoms with Crippen LogP contribution in [0.2, 0.25) is 0 Å². The zero-order valence-corrected chi connectivity index (χ0v) is 15.3. The van der Waals surface area contributed by atoms with Gasteiger partial charge in [0.25, 0.3) is 0 Å². The fraction of sp³-hybridized carbons (Fsp3) is 0.944. The van der Waals surface area contributed by atoms with Gasteiger partial charge in [0.2, 0.25) is 5.91 Å². The monoisotopic (exact) mass is 346 g/mol. The van der Waals surface area contributed by atoms with Crippen LogP contribution in [0, 0.1) is 5.41 Å². The number of rotatable bonds is 8. The summed E-state index contributed by atoms with van der Waals surface area (Å²) < 4.78 is 5.88. The van der Waals surface area contributed by atoms with Gasteiger partial charge in [-0.3, -0.25) is 4.79 Å². The molecule has 2 aliphatic rings. The minimum absolute atomic E-state index is 0. The smallest absolute Gasteiger partial charge is 0.220 e. The van der Waals surface area contributed by atoms with E-state index in [0.717, 1.165) is 32.4 Å². The quantitative estimate of drug-likeness (QED) is 0.660. The Balaban J connectivity index is 0.00000264. The van der Waals surface area contributed by atoms with Gasteiger partial charge in [-0.25, -0.2) is 0 Å². The fourth-order valence-electron chi connectivity index (χ4n) is 3.94. The summed E-state index contributed by atoms with van der Waals surface area (Å²) in [4.78, 5) is 12.1. The number of nitrogens with two attached hydrogens (primary N) is 1. The lowest BCUT2D eigenvalue weighted by molar-refractivity contribution is -0.123. The summed E-state index contributed by atoms with van der Waals surface area (Å²) in [5.74, 6) is 0.171. The molecule has 0 saturated heterocycles. The highest BCUT2D eigenvalue weighted by Crippen LogP contribution is 2.38. The molecule has 2 rings (SSSR count). The van der Waals surface area contributed by atoms with Crippen molar-refractivity contribution in [2.45, 2.75) is 83.2 Å². The second kappa shape index (κ2) is 11.3. The molecule has 0 spiro atoms. The summed E-state index contributed by atoms with van der Waals surface area (Å²) in [7, 11) is 0. The fourth-order valence-corrected chi connectivity index (χ4v) is 3.94. The molecule has 1 amide bonds. The molecule has 0 unspecified atom stereocenters. The Morgan fingerprint density at radius 3 is 2.39 bits per heavy atom. The maximum Gasteiger partial charge on any atom is 0.220 e. The maximum absolute atomic E-state index is 12.1. The van der Waals surface area contributed by atoms with Crippen molar-refractivity contribution in [1.82, 2.24) is 5.32 Å². The number of hydrogen-bond donors (Lipinski definition) is 2. The number of halogens is 1. The molecule has 136 valence electrons. The number of ether oxygens (including phenoxy) is 1. The minimum atomic E-state index is 0. The lowest BCUT2D eigenvalue weighted by Crippen LogP contribution is -2.39. The summed E-state index contributed by atoms with van der Waals surface area (Å²) in [6, 6.07) is 0. The Bertz CT molecular complexity index is 327. The van der Waals surface area contributed by atoms with Crippen molar-refractivity contribution in [3.05, 3.63) is 0 Å². The van der Waals surface area contributed by atoms with Crippen molar-refractivity contribution < 1.29 is 9.53 Å². The molecule has 2 saturated carbocycles. The lowest BCUT2D eigenvalue weighted by atomic mass is 9.71. The molecule has 0 bridgehead atoms. The molecule has 0 aromatic carbocycles. The normalized spacial score (nSPS) is 21.4. The van der Waals surface area contributed by atoms with E-state index in [1.807, 2.05) is 0 Å². The first-order valence-corrected chi connectivity index (χ1v) is 9.32. The Hall–Kier alpha value is -0.320. The Morgan fingerprint density at radius 2 is 1.74 bits per heavy atom. The highest BCUT2D eigenvalue weighted by Gasteiger charge is 2.32. The first-order chi connectivity index (χ1) is 10.7. The van der Waals surface area contributed by atoms with Gasteiger partial charge in [0.15, 0.2) is 0 Å². The molecule has 2 fully saturated rings. The molecule has 23 heavy (non-hydrogen) atoms. The molecule has 0 heterocycles. The molecule has 4 nitrogen and oxygen atoms in total. The summed E-state index contributed by atoms with van der Waals surface area (Å²) in [6.45, 7) is 2.14. The van der Waals surface area contributed by atoms with Gasteiger partial charge < -0.3 is 15.8 Å². The molecule has 3 N–H and O–H groups in total. The SMILES string of the molecule is Cl.NCC1(CC(=O)NCCCOC2CCCCC2)CCCCC1. The van der Waals surface area contributed by atoms with Gasteiger partial charge in [-0.1, -0.05) is 38.5 Å². The third-order valence-corrected chi connectivity index (χ3v) is 5.43. The molecule has 0 aliphatic heterocycles. The molecular formula is C18H35ClN2O2. The van der Waals surface area contributed by atoms with Gasteiger partial charge in [-0.15, -0.1) is 12.4 Å². The van der Waals surface area contributed by atoms with Crippen molar-refractivity contribution in [1.29, 1.82) is 0 Å². The lowest BCUT2D eigenvalue weighted by Gasteiger charge is -2.35. The minimum Gasteiger partial charge on any atom is -0.378 e. The van der Waals surface area contributed by atoms with Gasteiger partial charge in [0.05, 0.1) is 6.10 Å². The standard InChI is InChI=1S/C18H34N2O2.ClH/c19-15-18(10-5-2-6-11-18)14-17(21)20-12-7-13-22-16-8-3-1-4-9-16;/h16H,1-15,19H2,(H,20,21);1H. The third kappa shape index (κ3) is 7.40. The maximum atomic E-state index is 12.1. The van der Waals surface area contributed by atoms with Gasteiger partial charge >= 0.3 is 0 Å². The average Bonchev–Trinajstić information content (AvgIpc) is 2.56. The van der Waals surface area contributed by atoms with Crippen LogP contribution >= 0.6 is 12.4 Å². The van der Waals surface area contributed by atoms with Gasteiger partial charge in [-0.05, 0) is 44.1 Å². The van der Waals surface area contributed by atoms with Crippen LogP contribution < -0.4 is 11.1 Å². The van der Waals surface area contributed by atoms with E-state index in [9.17, 15) is 4.79 Å². The Kier molecular flexibility index (Phi) is 10.2. The van der Waals surface area contributed by atoms with Crippen LogP contribution in [0.3, 0.4) is 0 Å². The topological polar surface area (TPSA) is 64.4 Å². The van der Waals surface area contributed by atoms with Gasteiger partial charge in [0.1, 0.15) is 0 Å². The van der Waals surface area contributed by atoms with Crippen LogP contribution in [-0.2, 0) is 9.53 Å². The first-order valence-electron chi connectivity index (χ1n) is 9.32. The van der Waals surface area contributed by atoms with Crippen molar-refractivity contribution in [2.24, 2.45) is 11.1 Å². The van der Waals surface area contributed by atoms with Crippen molar-refractivity contribution in [3.8, 4) is 0 Å². The van der Waals surface area contributed by atoms with E-state index in [1.54, 1.807) is 0 Å².